The van der Waals surface area contributed by atoms with Crippen molar-refractivity contribution in [2.45, 2.75) is 32.9 Å². The normalized spacial score (nSPS) is 20.7. The van der Waals surface area contributed by atoms with Gasteiger partial charge in [-0.3, -0.25) is 4.90 Å². The predicted molar refractivity (Wildman–Crippen MR) is 74.8 cm³/mol. The minimum atomic E-state index is -0.399. The van der Waals surface area contributed by atoms with Gasteiger partial charge in [-0.1, -0.05) is 23.8 Å². The number of piperazine rings is 1. The lowest BCUT2D eigenvalue weighted by molar-refractivity contribution is 0.0506. The molecule has 2 N–H and O–H groups in total. The zero-order valence-corrected chi connectivity index (χ0v) is 11.6. The Hall–Kier alpha value is -0.900. The van der Waals surface area contributed by atoms with Gasteiger partial charge in [0, 0.05) is 32.2 Å². The maximum absolute atomic E-state index is 10.6. The van der Waals surface area contributed by atoms with E-state index in [0.717, 1.165) is 31.7 Å². The SMILES string of the molecule is Cc1ccc(C(O)C(C)N2CCNCC2)c(C)c1. The molecule has 18 heavy (non-hydrogen) atoms. The molecular formula is C15H24N2O. The summed E-state index contributed by atoms with van der Waals surface area (Å²) in [4.78, 5) is 2.36. The maximum Gasteiger partial charge on any atom is 0.0945 e. The highest BCUT2D eigenvalue weighted by atomic mass is 16.3. The Kier molecular flexibility index (Phi) is 4.38. The quantitative estimate of drug-likeness (QED) is 0.853. The van der Waals surface area contributed by atoms with Gasteiger partial charge in [0.05, 0.1) is 6.10 Å². The molecule has 3 nitrogen and oxygen atoms in total. The molecule has 1 aliphatic rings. The van der Waals surface area contributed by atoms with Gasteiger partial charge in [0.1, 0.15) is 0 Å². The molecule has 2 atom stereocenters. The molecular weight excluding hydrogens is 224 g/mol. The van der Waals surface area contributed by atoms with Crippen molar-refractivity contribution in [3.63, 3.8) is 0 Å². The highest BCUT2D eigenvalue weighted by Gasteiger charge is 2.25. The van der Waals surface area contributed by atoms with Crippen LogP contribution < -0.4 is 5.32 Å². The number of benzene rings is 1. The molecule has 2 rings (SSSR count). The fourth-order valence-electron chi connectivity index (χ4n) is 2.71. The molecule has 0 saturated carbocycles. The molecule has 0 aromatic heterocycles. The van der Waals surface area contributed by atoms with E-state index >= 15 is 0 Å². The minimum Gasteiger partial charge on any atom is -0.387 e. The minimum absolute atomic E-state index is 0.175. The van der Waals surface area contributed by atoms with Crippen LogP contribution in [0.5, 0.6) is 0 Å². The lowest BCUT2D eigenvalue weighted by atomic mass is 9.96. The summed E-state index contributed by atoms with van der Waals surface area (Å²) >= 11 is 0. The van der Waals surface area contributed by atoms with Gasteiger partial charge in [-0.2, -0.15) is 0 Å². The van der Waals surface area contributed by atoms with E-state index in [4.69, 9.17) is 0 Å². The van der Waals surface area contributed by atoms with Crippen LogP contribution in [0.1, 0.15) is 29.7 Å². The summed E-state index contributed by atoms with van der Waals surface area (Å²) in [6, 6.07) is 6.46. The fourth-order valence-corrected chi connectivity index (χ4v) is 2.71. The molecule has 1 fully saturated rings. The van der Waals surface area contributed by atoms with E-state index in [2.05, 4.69) is 49.2 Å². The number of aryl methyl sites for hydroxylation is 2. The number of nitrogens with zero attached hydrogens (tertiary/aromatic N) is 1. The van der Waals surface area contributed by atoms with Crippen molar-refractivity contribution in [2.24, 2.45) is 0 Å². The summed E-state index contributed by atoms with van der Waals surface area (Å²) in [5.74, 6) is 0. The van der Waals surface area contributed by atoms with Crippen molar-refractivity contribution in [2.75, 3.05) is 26.2 Å². The average Bonchev–Trinajstić information content (AvgIpc) is 2.38. The summed E-state index contributed by atoms with van der Waals surface area (Å²) in [6.45, 7) is 10.4. The fraction of sp³-hybridized carbons (Fsp3) is 0.600. The van der Waals surface area contributed by atoms with E-state index in [0.29, 0.717) is 0 Å². The summed E-state index contributed by atoms with van der Waals surface area (Å²) in [5, 5.41) is 13.9. The third-order valence-corrected chi connectivity index (χ3v) is 3.93. The molecule has 0 radical (unpaired) electrons. The monoisotopic (exact) mass is 248 g/mol. The Morgan fingerprint density at radius 2 is 1.89 bits per heavy atom. The van der Waals surface area contributed by atoms with Gasteiger partial charge < -0.3 is 10.4 Å². The summed E-state index contributed by atoms with van der Waals surface area (Å²) in [6.07, 6.45) is -0.399. The number of hydrogen-bond donors (Lipinski definition) is 2. The molecule has 100 valence electrons. The number of rotatable bonds is 3. The smallest absolute Gasteiger partial charge is 0.0945 e. The zero-order valence-electron chi connectivity index (χ0n) is 11.6. The van der Waals surface area contributed by atoms with Crippen LogP contribution in [0.2, 0.25) is 0 Å². The first-order valence-electron chi connectivity index (χ1n) is 6.79. The van der Waals surface area contributed by atoms with Crippen LogP contribution in [0.3, 0.4) is 0 Å². The molecule has 2 unspecified atom stereocenters. The van der Waals surface area contributed by atoms with Gasteiger partial charge in [0.2, 0.25) is 0 Å². The lowest BCUT2D eigenvalue weighted by Gasteiger charge is -2.35. The van der Waals surface area contributed by atoms with Gasteiger partial charge in [-0.15, -0.1) is 0 Å². The van der Waals surface area contributed by atoms with Gasteiger partial charge in [-0.05, 0) is 31.9 Å². The Labute approximate surface area is 110 Å². The number of hydrogen-bond acceptors (Lipinski definition) is 3. The van der Waals surface area contributed by atoms with E-state index in [1.807, 2.05) is 0 Å². The van der Waals surface area contributed by atoms with Crippen LogP contribution >= 0.6 is 0 Å². The Morgan fingerprint density at radius 1 is 1.22 bits per heavy atom. The lowest BCUT2D eigenvalue weighted by Crippen LogP contribution is -2.49. The van der Waals surface area contributed by atoms with Gasteiger partial charge in [0.15, 0.2) is 0 Å². The van der Waals surface area contributed by atoms with Crippen molar-refractivity contribution < 1.29 is 5.11 Å². The zero-order chi connectivity index (χ0) is 13.1. The number of nitrogens with one attached hydrogen (secondary N) is 1. The standard InChI is InChI=1S/C15H24N2O/c1-11-4-5-14(12(2)10-11)15(18)13(3)17-8-6-16-7-9-17/h4-5,10,13,15-16,18H,6-9H2,1-3H3. The topological polar surface area (TPSA) is 35.5 Å². The molecule has 1 aliphatic heterocycles. The van der Waals surface area contributed by atoms with Crippen LogP contribution in [0.15, 0.2) is 18.2 Å². The molecule has 1 aromatic carbocycles. The Morgan fingerprint density at radius 3 is 2.50 bits per heavy atom. The van der Waals surface area contributed by atoms with Crippen LogP contribution in [-0.2, 0) is 0 Å². The average molecular weight is 248 g/mol. The second-order valence-corrected chi connectivity index (χ2v) is 5.33. The van der Waals surface area contributed by atoms with Gasteiger partial charge >= 0.3 is 0 Å². The summed E-state index contributed by atoms with van der Waals surface area (Å²) < 4.78 is 0. The van der Waals surface area contributed by atoms with E-state index in [9.17, 15) is 5.11 Å². The van der Waals surface area contributed by atoms with E-state index in [-0.39, 0.29) is 6.04 Å². The van der Waals surface area contributed by atoms with Crippen LogP contribution in [-0.4, -0.2) is 42.2 Å². The van der Waals surface area contributed by atoms with E-state index in [1.165, 1.54) is 11.1 Å². The number of aliphatic hydroxyl groups is 1. The summed E-state index contributed by atoms with van der Waals surface area (Å²) in [7, 11) is 0. The Balaban J connectivity index is 2.11. The third kappa shape index (κ3) is 2.91. The Bertz CT molecular complexity index is 399. The predicted octanol–water partition coefficient (Wildman–Crippen LogP) is 1.63. The molecule has 1 heterocycles. The first kappa shape index (κ1) is 13.5. The van der Waals surface area contributed by atoms with Crippen LogP contribution in [0.4, 0.5) is 0 Å². The van der Waals surface area contributed by atoms with Crippen molar-refractivity contribution >= 4 is 0 Å². The van der Waals surface area contributed by atoms with Crippen molar-refractivity contribution in [1.29, 1.82) is 0 Å². The molecule has 0 amide bonds. The maximum atomic E-state index is 10.6. The molecule has 1 aromatic rings. The van der Waals surface area contributed by atoms with Gasteiger partial charge in [-0.25, -0.2) is 0 Å². The highest BCUT2D eigenvalue weighted by Crippen LogP contribution is 2.24. The van der Waals surface area contributed by atoms with Gasteiger partial charge in [0.25, 0.3) is 0 Å². The molecule has 3 heteroatoms. The first-order chi connectivity index (χ1) is 8.59. The summed E-state index contributed by atoms with van der Waals surface area (Å²) in [5.41, 5.74) is 3.49. The molecule has 0 bridgehead atoms. The van der Waals surface area contributed by atoms with E-state index < -0.39 is 6.10 Å². The first-order valence-corrected chi connectivity index (χ1v) is 6.79. The highest BCUT2D eigenvalue weighted by molar-refractivity contribution is 5.32. The molecule has 0 aliphatic carbocycles. The van der Waals surface area contributed by atoms with Crippen LogP contribution in [0.25, 0.3) is 0 Å². The second-order valence-electron chi connectivity index (χ2n) is 5.33. The molecule has 0 spiro atoms. The van der Waals surface area contributed by atoms with E-state index in [1.54, 1.807) is 0 Å². The van der Waals surface area contributed by atoms with Crippen molar-refractivity contribution in [3.8, 4) is 0 Å². The largest absolute Gasteiger partial charge is 0.387 e. The second kappa shape index (κ2) is 5.83. The molecule has 1 saturated heterocycles. The third-order valence-electron chi connectivity index (χ3n) is 3.93. The number of aliphatic hydroxyl groups excluding tert-OH is 1. The van der Waals surface area contributed by atoms with Crippen molar-refractivity contribution in [3.05, 3.63) is 34.9 Å². The van der Waals surface area contributed by atoms with Crippen molar-refractivity contribution in [1.82, 2.24) is 10.2 Å². The van der Waals surface area contributed by atoms with Crippen LogP contribution in [0, 0.1) is 13.8 Å².